The van der Waals surface area contributed by atoms with Gasteiger partial charge in [0.05, 0.1) is 17.5 Å². The molecule has 0 saturated carbocycles. The van der Waals surface area contributed by atoms with Crippen molar-refractivity contribution in [3.8, 4) is 6.07 Å². The molecule has 130 valence electrons. The van der Waals surface area contributed by atoms with Crippen LogP contribution in [-0.4, -0.2) is 39.7 Å². The number of aromatic nitrogens is 1. The number of rotatable bonds is 4. The quantitative estimate of drug-likeness (QED) is 0.829. The van der Waals surface area contributed by atoms with E-state index in [0.717, 1.165) is 11.9 Å². The fourth-order valence-corrected chi connectivity index (χ4v) is 3.17. The molecule has 0 unspecified atom stereocenters. The number of nitriles is 1. The van der Waals surface area contributed by atoms with Crippen molar-refractivity contribution in [3.63, 3.8) is 0 Å². The standard InChI is InChI=1S/C17H18N4O3S/c1-12-9-16(14(10-18)11-19-12)21(25(4,23)24)17(22)13-5-7-15(8-6-13)20(2)3/h5-9,11H,1-4H3. The summed E-state index contributed by atoms with van der Waals surface area (Å²) in [6, 6.07) is 9.83. The minimum Gasteiger partial charge on any atom is -0.378 e. The van der Waals surface area contributed by atoms with Crippen molar-refractivity contribution in [2.45, 2.75) is 6.92 Å². The fourth-order valence-electron chi connectivity index (χ4n) is 2.26. The van der Waals surface area contributed by atoms with E-state index < -0.39 is 15.9 Å². The minimum atomic E-state index is -3.95. The van der Waals surface area contributed by atoms with Crippen LogP contribution >= 0.6 is 0 Å². The highest BCUT2D eigenvalue weighted by molar-refractivity contribution is 7.92. The number of anilines is 2. The van der Waals surface area contributed by atoms with Crippen LogP contribution in [0.1, 0.15) is 21.6 Å². The summed E-state index contributed by atoms with van der Waals surface area (Å²) >= 11 is 0. The van der Waals surface area contributed by atoms with Crippen molar-refractivity contribution in [3.05, 3.63) is 53.3 Å². The largest absolute Gasteiger partial charge is 0.378 e. The van der Waals surface area contributed by atoms with E-state index in [1.807, 2.05) is 25.1 Å². The predicted octanol–water partition coefficient (Wildman–Crippen LogP) is 1.93. The molecule has 1 aromatic carbocycles. The normalized spacial score (nSPS) is 10.8. The maximum atomic E-state index is 12.9. The Morgan fingerprint density at radius 1 is 1.20 bits per heavy atom. The molecule has 0 fully saturated rings. The van der Waals surface area contributed by atoms with Crippen molar-refractivity contribution in [2.24, 2.45) is 0 Å². The van der Waals surface area contributed by atoms with Gasteiger partial charge >= 0.3 is 0 Å². The van der Waals surface area contributed by atoms with Gasteiger partial charge in [-0.15, -0.1) is 0 Å². The topological polar surface area (TPSA) is 94.4 Å². The first-order chi connectivity index (χ1) is 11.6. The molecule has 0 aliphatic heterocycles. The molecule has 8 heteroatoms. The van der Waals surface area contributed by atoms with E-state index in [0.29, 0.717) is 10.00 Å². The average Bonchev–Trinajstić information content (AvgIpc) is 2.54. The molecule has 0 spiro atoms. The second kappa shape index (κ2) is 6.91. The van der Waals surface area contributed by atoms with Gasteiger partial charge < -0.3 is 4.90 Å². The van der Waals surface area contributed by atoms with Gasteiger partial charge in [-0.05, 0) is 37.3 Å². The fraction of sp³-hybridized carbons (Fsp3) is 0.235. The van der Waals surface area contributed by atoms with Gasteiger partial charge in [0.15, 0.2) is 0 Å². The zero-order valence-corrected chi connectivity index (χ0v) is 15.2. The Hall–Kier alpha value is -2.92. The van der Waals surface area contributed by atoms with Crippen LogP contribution in [0.5, 0.6) is 0 Å². The Kier molecular flexibility index (Phi) is 5.09. The van der Waals surface area contributed by atoms with Crippen LogP contribution in [0.3, 0.4) is 0 Å². The van der Waals surface area contributed by atoms with Crippen LogP contribution in [0, 0.1) is 18.3 Å². The first kappa shape index (κ1) is 18.4. The molecule has 0 bridgehead atoms. The molecule has 2 rings (SSSR count). The Bertz CT molecular complexity index is 945. The molecular weight excluding hydrogens is 340 g/mol. The maximum absolute atomic E-state index is 12.9. The summed E-state index contributed by atoms with van der Waals surface area (Å²) in [6.45, 7) is 1.65. The molecule has 1 amide bonds. The second-order valence-electron chi connectivity index (χ2n) is 5.73. The van der Waals surface area contributed by atoms with Crippen LogP contribution < -0.4 is 9.21 Å². The molecule has 1 heterocycles. The van der Waals surface area contributed by atoms with Gasteiger partial charge in [-0.1, -0.05) is 0 Å². The Balaban J connectivity index is 2.58. The van der Waals surface area contributed by atoms with E-state index in [4.69, 9.17) is 0 Å². The zero-order chi connectivity index (χ0) is 18.8. The maximum Gasteiger partial charge on any atom is 0.272 e. The van der Waals surface area contributed by atoms with E-state index in [-0.39, 0.29) is 16.8 Å². The van der Waals surface area contributed by atoms with Gasteiger partial charge in [-0.3, -0.25) is 9.78 Å². The number of hydrogen-bond acceptors (Lipinski definition) is 6. The molecular formula is C17H18N4O3S. The number of pyridine rings is 1. The molecule has 25 heavy (non-hydrogen) atoms. The Morgan fingerprint density at radius 2 is 1.80 bits per heavy atom. The van der Waals surface area contributed by atoms with Crippen LogP contribution in [0.25, 0.3) is 0 Å². The summed E-state index contributed by atoms with van der Waals surface area (Å²) in [5.74, 6) is -0.727. The van der Waals surface area contributed by atoms with E-state index >= 15 is 0 Å². The lowest BCUT2D eigenvalue weighted by Crippen LogP contribution is -2.36. The van der Waals surface area contributed by atoms with Gasteiger partial charge in [-0.2, -0.15) is 5.26 Å². The lowest BCUT2D eigenvalue weighted by Gasteiger charge is -2.22. The minimum absolute atomic E-state index is 0.000754. The molecule has 0 aliphatic rings. The average molecular weight is 358 g/mol. The molecule has 0 atom stereocenters. The summed E-state index contributed by atoms with van der Waals surface area (Å²) in [7, 11) is -0.227. The Morgan fingerprint density at radius 3 is 2.28 bits per heavy atom. The Labute approximate surface area is 147 Å². The third-order valence-electron chi connectivity index (χ3n) is 3.50. The van der Waals surface area contributed by atoms with Gasteiger partial charge in [0, 0.05) is 37.2 Å². The number of nitrogens with zero attached hydrogens (tertiary/aromatic N) is 4. The first-order valence-corrected chi connectivity index (χ1v) is 9.18. The highest BCUT2D eigenvalue weighted by atomic mass is 32.2. The highest BCUT2D eigenvalue weighted by Crippen LogP contribution is 2.25. The van der Waals surface area contributed by atoms with E-state index in [1.165, 1.54) is 12.3 Å². The second-order valence-corrected chi connectivity index (χ2v) is 7.56. The molecule has 2 aromatic rings. The van der Waals surface area contributed by atoms with Gasteiger partial charge in [0.2, 0.25) is 10.0 Å². The van der Waals surface area contributed by atoms with Crippen LogP contribution in [-0.2, 0) is 10.0 Å². The highest BCUT2D eigenvalue weighted by Gasteiger charge is 2.29. The van der Waals surface area contributed by atoms with Crippen LogP contribution in [0.4, 0.5) is 11.4 Å². The summed E-state index contributed by atoms with van der Waals surface area (Å²) in [4.78, 5) is 18.7. The monoisotopic (exact) mass is 358 g/mol. The van der Waals surface area contributed by atoms with E-state index in [2.05, 4.69) is 4.98 Å². The molecule has 0 radical (unpaired) electrons. The molecule has 7 nitrogen and oxygen atoms in total. The number of sulfonamides is 1. The number of carbonyl (C=O) groups excluding carboxylic acids is 1. The smallest absolute Gasteiger partial charge is 0.272 e. The molecule has 0 N–H and O–H groups in total. The van der Waals surface area contributed by atoms with Crippen molar-refractivity contribution >= 4 is 27.3 Å². The summed E-state index contributed by atoms with van der Waals surface area (Å²) in [6.07, 6.45) is 2.18. The number of benzene rings is 1. The van der Waals surface area contributed by atoms with Crippen molar-refractivity contribution < 1.29 is 13.2 Å². The van der Waals surface area contributed by atoms with Gasteiger partial charge in [0.25, 0.3) is 5.91 Å². The van der Waals surface area contributed by atoms with Crippen molar-refractivity contribution in [2.75, 3.05) is 29.6 Å². The number of hydrogen-bond donors (Lipinski definition) is 0. The lowest BCUT2D eigenvalue weighted by molar-refractivity contribution is 0.101. The number of aryl methyl sites for hydroxylation is 1. The van der Waals surface area contributed by atoms with Crippen molar-refractivity contribution in [1.29, 1.82) is 5.26 Å². The summed E-state index contributed by atoms with van der Waals surface area (Å²) < 4.78 is 25.2. The number of carbonyl (C=O) groups is 1. The predicted molar refractivity (Wildman–Crippen MR) is 96.1 cm³/mol. The van der Waals surface area contributed by atoms with Crippen LogP contribution in [0.15, 0.2) is 36.5 Å². The SMILES string of the molecule is Cc1cc(N(C(=O)c2ccc(N(C)C)cc2)S(C)(=O)=O)c(C#N)cn1. The molecule has 0 aliphatic carbocycles. The lowest BCUT2D eigenvalue weighted by atomic mass is 10.1. The summed E-state index contributed by atoms with van der Waals surface area (Å²) in [5, 5.41) is 9.25. The van der Waals surface area contributed by atoms with E-state index in [9.17, 15) is 18.5 Å². The third kappa shape index (κ3) is 3.95. The summed E-state index contributed by atoms with van der Waals surface area (Å²) in [5.41, 5.74) is 1.58. The molecule has 1 aromatic heterocycles. The number of amides is 1. The third-order valence-corrected chi connectivity index (χ3v) is 4.53. The van der Waals surface area contributed by atoms with Crippen molar-refractivity contribution in [1.82, 2.24) is 4.98 Å². The first-order valence-electron chi connectivity index (χ1n) is 7.34. The zero-order valence-electron chi connectivity index (χ0n) is 14.4. The van der Waals surface area contributed by atoms with Gasteiger partial charge in [0.1, 0.15) is 6.07 Å². The van der Waals surface area contributed by atoms with Crippen LogP contribution in [0.2, 0.25) is 0 Å². The van der Waals surface area contributed by atoms with Gasteiger partial charge in [-0.25, -0.2) is 12.7 Å². The van der Waals surface area contributed by atoms with E-state index in [1.54, 1.807) is 31.2 Å². The molecule has 0 saturated heterocycles.